The van der Waals surface area contributed by atoms with Crippen LogP contribution < -0.4 is 5.73 Å². The molecule has 1 heterocycles. The van der Waals surface area contributed by atoms with E-state index in [9.17, 15) is 4.79 Å². The fraction of sp³-hybridized carbons (Fsp3) is 0.538. The molecule has 2 N–H and O–H groups in total. The predicted octanol–water partition coefficient (Wildman–Crippen LogP) is 1.41. The Hall–Kier alpha value is -1.42. The number of nitrogens with zero attached hydrogens (tertiary/aromatic N) is 2. The van der Waals surface area contributed by atoms with Gasteiger partial charge in [0.15, 0.2) is 0 Å². The van der Waals surface area contributed by atoms with Crippen LogP contribution in [0.4, 0.5) is 0 Å². The minimum Gasteiger partial charge on any atom is -0.340 e. The van der Waals surface area contributed by atoms with Gasteiger partial charge >= 0.3 is 0 Å². The molecule has 0 aromatic carbocycles. The summed E-state index contributed by atoms with van der Waals surface area (Å²) >= 11 is 0. The number of likely N-dealkylation sites (N-methyl/N-ethyl adjacent to an activating group) is 1. The van der Waals surface area contributed by atoms with Gasteiger partial charge in [-0.05, 0) is 30.0 Å². The molecule has 4 heteroatoms. The summed E-state index contributed by atoms with van der Waals surface area (Å²) < 4.78 is 0. The van der Waals surface area contributed by atoms with E-state index >= 15 is 0 Å². The highest BCUT2D eigenvalue weighted by molar-refractivity contribution is 5.81. The summed E-state index contributed by atoms with van der Waals surface area (Å²) in [5.74, 6) is 0.429. The van der Waals surface area contributed by atoms with Gasteiger partial charge in [0, 0.05) is 26.0 Å². The number of hydrogen-bond acceptors (Lipinski definition) is 3. The van der Waals surface area contributed by atoms with Gasteiger partial charge in [0.1, 0.15) is 0 Å². The van der Waals surface area contributed by atoms with Gasteiger partial charge in [0.25, 0.3) is 0 Å². The number of rotatable bonds is 5. The first-order valence-corrected chi connectivity index (χ1v) is 5.90. The van der Waals surface area contributed by atoms with Crippen molar-refractivity contribution in [2.45, 2.75) is 32.9 Å². The van der Waals surface area contributed by atoms with Gasteiger partial charge in [-0.25, -0.2) is 0 Å². The molecule has 1 amide bonds. The Morgan fingerprint density at radius 3 is 2.53 bits per heavy atom. The maximum absolute atomic E-state index is 12.0. The van der Waals surface area contributed by atoms with Crippen LogP contribution in [0.2, 0.25) is 0 Å². The van der Waals surface area contributed by atoms with Crippen molar-refractivity contribution < 1.29 is 4.79 Å². The Morgan fingerprint density at radius 1 is 1.41 bits per heavy atom. The van der Waals surface area contributed by atoms with Gasteiger partial charge in [-0.1, -0.05) is 13.8 Å². The fourth-order valence-electron chi connectivity index (χ4n) is 1.73. The summed E-state index contributed by atoms with van der Waals surface area (Å²) in [7, 11) is 1.78. The molecular weight excluding hydrogens is 214 g/mol. The number of amides is 1. The van der Waals surface area contributed by atoms with E-state index in [0.29, 0.717) is 12.5 Å². The van der Waals surface area contributed by atoms with Gasteiger partial charge in [0.2, 0.25) is 5.91 Å². The van der Waals surface area contributed by atoms with Crippen LogP contribution in [-0.2, 0) is 11.3 Å². The van der Waals surface area contributed by atoms with Gasteiger partial charge in [0.05, 0.1) is 6.04 Å². The van der Waals surface area contributed by atoms with E-state index in [-0.39, 0.29) is 5.91 Å². The Labute approximate surface area is 103 Å². The summed E-state index contributed by atoms with van der Waals surface area (Å²) in [5.41, 5.74) is 6.93. The Morgan fingerprint density at radius 2 is 2.00 bits per heavy atom. The summed E-state index contributed by atoms with van der Waals surface area (Å²) in [6, 6.07) is 3.40. The number of carbonyl (C=O) groups excluding carboxylic acids is 1. The predicted molar refractivity (Wildman–Crippen MR) is 68.1 cm³/mol. The molecule has 4 nitrogen and oxygen atoms in total. The van der Waals surface area contributed by atoms with E-state index < -0.39 is 6.04 Å². The van der Waals surface area contributed by atoms with E-state index in [2.05, 4.69) is 18.8 Å². The van der Waals surface area contributed by atoms with E-state index in [0.717, 1.165) is 12.0 Å². The first-order chi connectivity index (χ1) is 8.00. The molecule has 1 aromatic rings. The molecule has 0 saturated heterocycles. The third-order valence-corrected chi connectivity index (χ3v) is 2.59. The number of pyridine rings is 1. The van der Waals surface area contributed by atoms with Gasteiger partial charge in [-0.3, -0.25) is 9.78 Å². The van der Waals surface area contributed by atoms with Crippen LogP contribution in [0.5, 0.6) is 0 Å². The largest absolute Gasteiger partial charge is 0.340 e. The molecular formula is C13H21N3O. The molecule has 1 atom stereocenters. The smallest absolute Gasteiger partial charge is 0.239 e. The fourth-order valence-corrected chi connectivity index (χ4v) is 1.73. The molecule has 94 valence electrons. The molecule has 0 aliphatic heterocycles. The Balaban J connectivity index is 2.52. The lowest BCUT2D eigenvalue weighted by molar-refractivity contribution is -0.132. The van der Waals surface area contributed by atoms with E-state index in [1.807, 2.05) is 12.1 Å². The lowest BCUT2D eigenvalue weighted by Crippen LogP contribution is -2.42. The van der Waals surface area contributed by atoms with Crippen LogP contribution in [0.25, 0.3) is 0 Å². The Kier molecular flexibility index (Phi) is 5.10. The van der Waals surface area contributed by atoms with Crippen molar-refractivity contribution >= 4 is 5.91 Å². The normalized spacial score (nSPS) is 12.5. The zero-order valence-electron chi connectivity index (χ0n) is 10.8. The standard InChI is InChI=1S/C13H21N3O/c1-10(2)8-12(14)13(17)16(3)9-11-4-6-15-7-5-11/h4-7,10,12H,8-9,14H2,1-3H3/t12-/m0/s1. The second-order valence-corrected chi connectivity index (χ2v) is 4.79. The molecule has 0 fully saturated rings. The van der Waals surface area contributed by atoms with E-state index in [1.165, 1.54) is 0 Å². The van der Waals surface area contributed by atoms with Crippen molar-refractivity contribution in [1.82, 2.24) is 9.88 Å². The highest BCUT2D eigenvalue weighted by Gasteiger charge is 2.18. The quantitative estimate of drug-likeness (QED) is 0.839. The number of hydrogen-bond donors (Lipinski definition) is 1. The molecule has 0 bridgehead atoms. The molecule has 1 rings (SSSR count). The van der Waals surface area contributed by atoms with Gasteiger partial charge < -0.3 is 10.6 Å². The number of carbonyl (C=O) groups is 1. The molecule has 0 saturated carbocycles. The average molecular weight is 235 g/mol. The summed E-state index contributed by atoms with van der Waals surface area (Å²) in [4.78, 5) is 17.6. The van der Waals surface area contributed by atoms with Gasteiger partial charge in [-0.2, -0.15) is 0 Å². The Bertz CT molecular complexity index is 351. The van der Waals surface area contributed by atoms with Crippen LogP contribution in [0, 0.1) is 5.92 Å². The topological polar surface area (TPSA) is 59.2 Å². The van der Waals surface area contributed by atoms with Crippen molar-refractivity contribution in [2.75, 3.05) is 7.05 Å². The van der Waals surface area contributed by atoms with Crippen molar-refractivity contribution in [2.24, 2.45) is 11.7 Å². The molecule has 1 aromatic heterocycles. The van der Waals surface area contributed by atoms with Crippen molar-refractivity contribution in [3.63, 3.8) is 0 Å². The minimum atomic E-state index is -0.401. The van der Waals surface area contributed by atoms with Crippen LogP contribution in [0.1, 0.15) is 25.8 Å². The first-order valence-electron chi connectivity index (χ1n) is 5.90. The molecule has 0 aliphatic carbocycles. The minimum absolute atomic E-state index is 0.00416. The first kappa shape index (κ1) is 13.6. The van der Waals surface area contributed by atoms with Crippen LogP contribution in [0.15, 0.2) is 24.5 Å². The van der Waals surface area contributed by atoms with Crippen LogP contribution in [-0.4, -0.2) is 28.9 Å². The molecule has 0 aliphatic rings. The van der Waals surface area contributed by atoms with E-state index in [4.69, 9.17) is 5.73 Å². The maximum Gasteiger partial charge on any atom is 0.239 e. The maximum atomic E-state index is 12.0. The van der Waals surface area contributed by atoms with Crippen LogP contribution in [0.3, 0.4) is 0 Å². The lowest BCUT2D eigenvalue weighted by atomic mass is 10.0. The second-order valence-electron chi connectivity index (χ2n) is 4.79. The zero-order valence-corrected chi connectivity index (χ0v) is 10.8. The molecule has 0 unspecified atom stereocenters. The number of nitrogens with two attached hydrogens (primary N) is 1. The van der Waals surface area contributed by atoms with Crippen molar-refractivity contribution in [3.8, 4) is 0 Å². The SMILES string of the molecule is CC(C)C[C@H](N)C(=O)N(C)Cc1ccncc1. The highest BCUT2D eigenvalue weighted by Crippen LogP contribution is 2.07. The summed E-state index contributed by atoms with van der Waals surface area (Å²) in [5, 5.41) is 0. The third kappa shape index (κ3) is 4.53. The van der Waals surface area contributed by atoms with E-state index in [1.54, 1.807) is 24.3 Å². The molecule has 0 spiro atoms. The monoisotopic (exact) mass is 235 g/mol. The average Bonchev–Trinajstić information content (AvgIpc) is 2.28. The molecule has 17 heavy (non-hydrogen) atoms. The van der Waals surface area contributed by atoms with Gasteiger partial charge in [-0.15, -0.1) is 0 Å². The highest BCUT2D eigenvalue weighted by atomic mass is 16.2. The third-order valence-electron chi connectivity index (χ3n) is 2.59. The van der Waals surface area contributed by atoms with Crippen LogP contribution >= 0.6 is 0 Å². The molecule has 0 radical (unpaired) electrons. The van der Waals surface area contributed by atoms with Crippen molar-refractivity contribution in [1.29, 1.82) is 0 Å². The second kappa shape index (κ2) is 6.35. The summed E-state index contributed by atoms with van der Waals surface area (Å²) in [6.07, 6.45) is 4.17. The number of aromatic nitrogens is 1. The van der Waals surface area contributed by atoms with Crippen molar-refractivity contribution in [3.05, 3.63) is 30.1 Å². The zero-order chi connectivity index (χ0) is 12.8. The lowest BCUT2D eigenvalue weighted by Gasteiger charge is -2.22. The summed E-state index contributed by atoms with van der Waals surface area (Å²) in [6.45, 7) is 4.71.